The Balaban J connectivity index is 4.30. The number of ether oxygens (including phenoxy) is 1. The van der Waals surface area contributed by atoms with Gasteiger partial charge >= 0.3 is 0 Å². The summed E-state index contributed by atoms with van der Waals surface area (Å²) in [5.41, 5.74) is 2.70. The van der Waals surface area contributed by atoms with Gasteiger partial charge in [0.25, 0.3) is 0 Å². The molecule has 0 aromatic rings. The van der Waals surface area contributed by atoms with Crippen molar-refractivity contribution in [1.82, 2.24) is 15.2 Å². The van der Waals surface area contributed by atoms with Gasteiger partial charge in [0.2, 0.25) is 5.96 Å². The van der Waals surface area contributed by atoms with Crippen molar-refractivity contribution in [2.45, 2.75) is 19.8 Å². The molecule has 0 aromatic heterocycles. The summed E-state index contributed by atoms with van der Waals surface area (Å²) in [5, 5.41) is 0. The summed E-state index contributed by atoms with van der Waals surface area (Å²) in [6.45, 7) is 6.48. The molecule has 6 nitrogen and oxygen atoms in total. The summed E-state index contributed by atoms with van der Waals surface area (Å²) in [4.78, 5) is 8.83. The largest absolute Gasteiger partial charge is 0.385 e. The minimum Gasteiger partial charge on any atom is -0.385 e. The van der Waals surface area contributed by atoms with Gasteiger partial charge in [-0.2, -0.15) is 0 Å². The molecule has 6 heteroatoms. The fraction of sp³-hybridized carbons (Fsp3) is 0.917. The number of nitrogens with zero attached hydrogens (tertiary/aromatic N) is 3. The van der Waals surface area contributed by atoms with Gasteiger partial charge in [-0.15, -0.1) is 0 Å². The zero-order valence-corrected chi connectivity index (χ0v) is 12.3. The van der Waals surface area contributed by atoms with Gasteiger partial charge in [0.15, 0.2) is 0 Å². The van der Waals surface area contributed by atoms with Gasteiger partial charge in [-0.25, -0.2) is 5.84 Å². The van der Waals surface area contributed by atoms with E-state index < -0.39 is 0 Å². The Hall–Kier alpha value is -0.850. The monoisotopic (exact) mass is 259 g/mol. The molecule has 3 N–H and O–H groups in total. The second-order valence-electron chi connectivity index (χ2n) is 4.49. The Kier molecular flexibility index (Phi) is 10.7. The quantitative estimate of drug-likeness (QED) is 0.202. The number of nitrogens with one attached hydrogen (secondary N) is 1. The van der Waals surface area contributed by atoms with Crippen molar-refractivity contribution in [3.05, 3.63) is 0 Å². The molecule has 0 aliphatic rings. The van der Waals surface area contributed by atoms with Crippen LogP contribution in [-0.2, 0) is 4.74 Å². The number of nitrogens with two attached hydrogens (primary N) is 1. The molecule has 0 spiro atoms. The maximum atomic E-state index is 5.56. The molecule has 0 heterocycles. The van der Waals surface area contributed by atoms with Crippen molar-refractivity contribution in [3.8, 4) is 0 Å². The molecule has 0 aliphatic carbocycles. The number of guanidine groups is 1. The predicted octanol–water partition coefficient (Wildman–Crippen LogP) is 0.116. The molecule has 0 saturated carbocycles. The predicted molar refractivity (Wildman–Crippen MR) is 76.5 cm³/mol. The number of hydrogen-bond acceptors (Lipinski definition) is 4. The van der Waals surface area contributed by atoms with Gasteiger partial charge in [0.1, 0.15) is 0 Å². The van der Waals surface area contributed by atoms with Crippen LogP contribution in [0.3, 0.4) is 0 Å². The normalized spacial score (nSPS) is 12.0. The van der Waals surface area contributed by atoms with E-state index in [1.54, 1.807) is 7.11 Å². The Labute approximate surface area is 111 Å². The molecule has 0 aliphatic heterocycles. The zero-order chi connectivity index (χ0) is 13.8. The Morgan fingerprint density at radius 1 is 1.28 bits per heavy atom. The van der Waals surface area contributed by atoms with Crippen molar-refractivity contribution in [2.24, 2.45) is 10.8 Å². The smallest absolute Gasteiger partial charge is 0.208 e. The first-order valence-electron chi connectivity index (χ1n) is 6.55. The highest BCUT2D eigenvalue weighted by Crippen LogP contribution is 1.95. The second kappa shape index (κ2) is 11.3. The van der Waals surface area contributed by atoms with Crippen LogP contribution in [0.2, 0.25) is 0 Å². The first kappa shape index (κ1) is 17.2. The van der Waals surface area contributed by atoms with Gasteiger partial charge in [-0.1, -0.05) is 6.92 Å². The third kappa shape index (κ3) is 8.27. The van der Waals surface area contributed by atoms with E-state index in [1.807, 2.05) is 0 Å². The molecule has 108 valence electrons. The summed E-state index contributed by atoms with van der Waals surface area (Å²) in [7, 11) is 5.83. The van der Waals surface area contributed by atoms with Crippen molar-refractivity contribution in [2.75, 3.05) is 54.0 Å². The lowest BCUT2D eigenvalue weighted by molar-refractivity contribution is 0.196. The number of aliphatic imine (C=N–C) groups is 1. The third-order valence-electron chi connectivity index (χ3n) is 2.51. The Bertz CT molecular complexity index is 221. The van der Waals surface area contributed by atoms with Crippen molar-refractivity contribution in [1.29, 1.82) is 0 Å². The fourth-order valence-electron chi connectivity index (χ4n) is 1.55. The summed E-state index contributed by atoms with van der Waals surface area (Å²) < 4.78 is 5.00. The SMILES string of the molecule is CCCN(CCN(C)C)C(=NCCCOC)NN. The van der Waals surface area contributed by atoms with E-state index in [9.17, 15) is 0 Å². The topological polar surface area (TPSA) is 66.1 Å². The van der Waals surface area contributed by atoms with Crippen molar-refractivity contribution < 1.29 is 4.74 Å². The fourth-order valence-corrected chi connectivity index (χ4v) is 1.55. The summed E-state index contributed by atoms with van der Waals surface area (Å²) in [5.74, 6) is 6.33. The minimum atomic E-state index is 0.729. The van der Waals surface area contributed by atoms with E-state index in [-0.39, 0.29) is 0 Å². The average Bonchev–Trinajstić information content (AvgIpc) is 2.35. The average molecular weight is 259 g/mol. The molecule has 0 atom stereocenters. The van der Waals surface area contributed by atoms with E-state index >= 15 is 0 Å². The number of methoxy groups -OCH3 is 1. The number of rotatable bonds is 9. The molecule has 0 rings (SSSR count). The van der Waals surface area contributed by atoms with Gasteiger partial charge in [-0.05, 0) is 26.9 Å². The van der Waals surface area contributed by atoms with E-state index in [0.29, 0.717) is 0 Å². The van der Waals surface area contributed by atoms with Crippen LogP contribution in [0.5, 0.6) is 0 Å². The molecule has 0 radical (unpaired) electrons. The van der Waals surface area contributed by atoms with Crippen molar-refractivity contribution in [3.63, 3.8) is 0 Å². The molecule has 0 aromatic carbocycles. The van der Waals surface area contributed by atoms with Crippen LogP contribution >= 0.6 is 0 Å². The lowest BCUT2D eigenvalue weighted by Gasteiger charge is -2.26. The lowest BCUT2D eigenvalue weighted by atomic mass is 10.4. The zero-order valence-electron chi connectivity index (χ0n) is 12.3. The lowest BCUT2D eigenvalue weighted by Crippen LogP contribution is -2.47. The maximum Gasteiger partial charge on any atom is 0.208 e. The first-order chi connectivity index (χ1) is 8.65. The van der Waals surface area contributed by atoms with Crippen LogP contribution in [0.1, 0.15) is 19.8 Å². The molecule has 0 fully saturated rings. The van der Waals surface area contributed by atoms with Crippen LogP contribution in [0.15, 0.2) is 4.99 Å². The first-order valence-corrected chi connectivity index (χ1v) is 6.55. The third-order valence-corrected chi connectivity index (χ3v) is 2.51. The van der Waals surface area contributed by atoms with E-state index in [0.717, 1.165) is 51.6 Å². The molecule has 0 saturated heterocycles. The Morgan fingerprint density at radius 2 is 2.00 bits per heavy atom. The van der Waals surface area contributed by atoms with Crippen LogP contribution < -0.4 is 11.3 Å². The number of hydrazine groups is 1. The number of hydrogen-bond donors (Lipinski definition) is 2. The van der Waals surface area contributed by atoms with E-state index in [4.69, 9.17) is 10.6 Å². The van der Waals surface area contributed by atoms with Gasteiger partial charge in [0, 0.05) is 39.9 Å². The molecule has 0 amide bonds. The highest BCUT2D eigenvalue weighted by Gasteiger charge is 2.09. The van der Waals surface area contributed by atoms with Crippen molar-refractivity contribution >= 4 is 5.96 Å². The highest BCUT2D eigenvalue weighted by atomic mass is 16.5. The summed E-state index contributed by atoms with van der Waals surface area (Å²) >= 11 is 0. The van der Waals surface area contributed by atoms with Crippen LogP contribution in [0.25, 0.3) is 0 Å². The minimum absolute atomic E-state index is 0.729. The number of likely N-dealkylation sites (N-methyl/N-ethyl adjacent to an activating group) is 1. The van der Waals surface area contributed by atoms with Crippen LogP contribution in [0.4, 0.5) is 0 Å². The van der Waals surface area contributed by atoms with Gasteiger partial charge < -0.3 is 14.5 Å². The molecule has 0 bridgehead atoms. The van der Waals surface area contributed by atoms with Gasteiger partial charge in [0.05, 0.1) is 0 Å². The summed E-state index contributed by atoms with van der Waals surface area (Å²) in [6, 6.07) is 0. The van der Waals surface area contributed by atoms with Crippen LogP contribution in [0, 0.1) is 0 Å². The molecule has 18 heavy (non-hydrogen) atoms. The van der Waals surface area contributed by atoms with E-state index in [1.165, 1.54) is 0 Å². The highest BCUT2D eigenvalue weighted by molar-refractivity contribution is 5.79. The van der Waals surface area contributed by atoms with Gasteiger partial charge in [-0.3, -0.25) is 10.4 Å². The standard InChI is InChI=1S/C12H29N5O/c1-5-8-17(10-9-16(2)3)12(15-13)14-7-6-11-18-4/h5-11,13H2,1-4H3,(H,14,15). The molecular formula is C12H29N5O. The second-order valence-corrected chi connectivity index (χ2v) is 4.49. The summed E-state index contributed by atoms with van der Waals surface area (Å²) in [6.07, 6.45) is 1.99. The Morgan fingerprint density at radius 3 is 2.50 bits per heavy atom. The van der Waals surface area contributed by atoms with E-state index in [2.05, 4.69) is 41.2 Å². The molecule has 0 unspecified atom stereocenters. The molecular weight excluding hydrogens is 230 g/mol. The maximum absolute atomic E-state index is 5.56. The van der Waals surface area contributed by atoms with Crippen LogP contribution in [-0.4, -0.2) is 69.8 Å².